The summed E-state index contributed by atoms with van der Waals surface area (Å²) in [6.45, 7) is 8.79. The monoisotopic (exact) mass is 327 g/mol. The number of hydrogen-bond donors (Lipinski definition) is 2. The van der Waals surface area contributed by atoms with Crippen molar-refractivity contribution in [1.29, 1.82) is 0 Å². The maximum Gasteiger partial charge on any atom is 0.269 e. The average molecular weight is 327 g/mol. The molecule has 5 nitrogen and oxygen atoms in total. The molecule has 6 heteroatoms. The molecule has 1 atom stereocenters. The minimum atomic E-state index is -0.307. The summed E-state index contributed by atoms with van der Waals surface area (Å²) in [4.78, 5) is 12.4. The van der Waals surface area contributed by atoms with Crippen LogP contribution in [0, 0.1) is 5.92 Å². The van der Waals surface area contributed by atoms with Crippen LogP contribution in [0.4, 0.5) is 4.39 Å². The number of amides is 1. The second-order valence-corrected chi connectivity index (χ2v) is 7.14. The topological polar surface area (TPSA) is 67.2 Å². The van der Waals surface area contributed by atoms with Crippen molar-refractivity contribution in [2.24, 2.45) is 5.92 Å². The predicted molar refractivity (Wildman–Crippen MR) is 89.3 cm³/mol. The van der Waals surface area contributed by atoms with Crippen LogP contribution in [0.1, 0.15) is 63.1 Å². The van der Waals surface area contributed by atoms with E-state index in [2.05, 4.69) is 31.2 Å². The minimum absolute atomic E-state index is 0.0157. The number of aliphatic hydroxyl groups is 1. The summed E-state index contributed by atoms with van der Waals surface area (Å²) in [5.74, 6) is -0.166. The Labute approximate surface area is 138 Å². The molecule has 0 spiro atoms. The quantitative estimate of drug-likeness (QED) is 0.685. The highest BCUT2D eigenvalue weighted by Gasteiger charge is 2.22. The van der Waals surface area contributed by atoms with E-state index in [1.807, 2.05) is 13.0 Å². The zero-order valence-corrected chi connectivity index (χ0v) is 14.7. The lowest BCUT2D eigenvalue weighted by Gasteiger charge is -2.14. The van der Waals surface area contributed by atoms with Crippen LogP contribution in [-0.2, 0) is 12.0 Å². The number of hydrogen-bond acceptors (Lipinski definition) is 3. The van der Waals surface area contributed by atoms with Gasteiger partial charge in [-0.05, 0) is 31.2 Å². The van der Waals surface area contributed by atoms with E-state index in [9.17, 15) is 9.18 Å². The molecule has 0 saturated carbocycles. The second-order valence-electron chi connectivity index (χ2n) is 7.14. The fraction of sp³-hybridized carbons (Fsp3) is 0.765. The van der Waals surface area contributed by atoms with Gasteiger partial charge in [0.25, 0.3) is 5.91 Å². The number of nitrogens with zero attached hydrogens (tertiary/aromatic N) is 2. The Morgan fingerprint density at radius 3 is 2.65 bits per heavy atom. The lowest BCUT2D eigenvalue weighted by Crippen LogP contribution is -2.31. The van der Waals surface area contributed by atoms with E-state index < -0.39 is 0 Å². The van der Waals surface area contributed by atoms with Gasteiger partial charge in [-0.3, -0.25) is 13.9 Å². The molecule has 1 amide bonds. The van der Waals surface area contributed by atoms with Gasteiger partial charge < -0.3 is 10.4 Å². The van der Waals surface area contributed by atoms with Gasteiger partial charge in [0.15, 0.2) is 0 Å². The van der Waals surface area contributed by atoms with Crippen LogP contribution in [0.15, 0.2) is 6.07 Å². The first-order chi connectivity index (χ1) is 10.8. The molecule has 0 aliphatic carbocycles. The highest BCUT2D eigenvalue weighted by molar-refractivity contribution is 5.92. The van der Waals surface area contributed by atoms with Crippen molar-refractivity contribution in [2.45, 2.75) is 58.9 Å². The Kier molecular flexibility index (Phi) is 7.68. The highest BCUT2D eigenvalue weighted by Crippen LogP contribution is 2.22. The SMILES string of the molecule is CC(CO)CNC(=O)c1cc(C(C)(C)C)nn1CCCCCF. The summed E-state index contributed by atoms with van der Waals surface area (Å²) < 4.78 is 13.9. The molecule has 0 aliphatic heterocycles. The fourth-order valence-corrected chi connectivity index (χ4v) is 2.09. The van der Waals surface area contributed by atoms with Crippen molar-refractivity contribution in [3.8, 4) is 0 Å². The first kappa shape index (κ1) is 19.6. The maximum absolute atomic E-state index is 12.4. The molecule has 1 rings (SSSR count). The summed E-state index contributed by atoms with van der Waals surface area (Å²) in [6, 6.07) is 1.83. The van der Waals surface area contributed by atoms with Crippen LogP contribution in [0.25, 0.3) is 0 Å². The van der Waals surface area contributed by atoms with E-state index >= 15 is 0 Å². The number of aromatic nitrogens is 2. The molecule has 0 fully saturated rings. The number of aryl methyl sites for hydroxylation is 1. The summed E-state index contributed by atoms with van der Waals surface area (Å²) in [6.07, 6.45) is 2.12. The molecule has 23 heavy (non-hydrogen) atoms. The third-order valence-electron chi connectivity index (χ3n) is 3.71. The van der Waals surface area contributed by atoms with E-state index in [0.29, 0.717) is 25.2 Å². The van der Waals surface area contributed by atoms with Crippen molar-refractivity contribution in [1.82, 2.24) is 15.1 Å². The Morgan fingerprint density at radius 1 is 1.39 bits per heavy atom. The van der Waals surface area contributed by atoms with Crippen LogP contribution in [0.5, 0.6) is 0 Å². The van der Waals surface area contributed by atoms with Gasteiger partial charge in [-0.15, -0.1) is 0 Å². The Hall–Kier alpha value is -1.43. The number of aliphatic hydroxyl groups excluding tert-OH is 1. The molecule has 1 aromatic rings. The van der Waals surface area contributed by atoms with Crippen LogP contribution >= 0.6 is 0 Å². The first-order valence-electron chi connectivity index (χ1n) is 8.33. The van der Waals surface area contributed by atoms with E-state index in [1.165, 1.54) is 0 Å². The molecule has 1 unspecified atom stereocenters. The van der Waals surface area contributed by atoms with Crippen molar-refractivity contribution >= 4 is 5.91 Å². The lowest BCUT2D eigenvalue weighted by molar-refractivity contribution is 0.0931. The number of unbranched alkanes of at least 4 members (excludes halogenated alkanes) is 2. The first-order valence-corrected chi connectivity index (χ1v) is 8.33. The predicted octanol–water partition coefficient (Wildman–Crippen LogP) is 2.68. The van der Waals surface area contributed by atoms with Gasteiger partial charge in [-0.1, -0.05) is 27.7 Å². The van der Waals surface area contributed by atoms with Crippen LogP contribution in [-0.4, -0.2) is 40.6 Å². The van der Waals surface area contributed by atoms with E-state index in [0.717, 1.165) is 18.5 Å². The van der Waals surface area contributed by atoms with Gasteiger partial charge in [0.05, 0.1) is 12.4 Å². The molecule has 0 aliphatic rings. The summed E-state index contributed by atoms with van der Waals surface area (Å²) in [5.41, 5.74) is 1.25. The molecule has 0 aromatic carbocycles. The molecule has 0 bridgehead atoms. The van der Waals surface area contributed by atoms with Gasteiger partial charge in [-0.25, -0.2) is 0 Å². The van der Waals surface area contributed by atoms with Crippen LogP contribution in [0.3, 0.4) is 0 Å². The van der Waals surface area contributed by atoms with Gasteiger partial charge >= 0.3 is 0 Å². The summed E-state index contributed by atoms with van der Waals surface area (Å²) >= 11 is 0. The number of nitrogens with one attached hydrogen (secondary N) is 1. The molecular weight excluding hydrogens is 297 g/mol. The third kappa shape index (κ3) is 6.29. The largest absolute Gasteiger partial charge is 0.396 e. The Bertz CT molecular complexity index is 495. The highest BCUT2D eigenvalue weighted by atomic mass is 19.1. The smallest absolute Gasteiger partial charge is 0.269 e. The molecule has 0 saturated heterocycles. The van der Waals surface area contributed by atoms with Gasteiger partial charge in [0, 0.05) is 25.1 Å². The average Bonchev–Trinajstić information content (AvgIpc) is 2.93. The standard InChI is InChI=1S/C17H30FN3O2/c1-13(12-22)11-19-16(23)14-10-15(17(2,3)4)20-21(14)9-7-5-6-8-18/h10,13,22H,5-9,11-12H2,1-4H3,(H,19,23). The summed E-state index contributed by atoms with van der Waals surface area (Å²) in [7, 11) is 0. The number of carbonyl (C=O) groups is 1. The minimum Gasteiger partial charge on any atom is -0.396 e. The zero-order chi connectivity index (χ0) is 17.5. The Morgan fingerprint density at radius 2 is 2.09 bits per heavy atom. The molecule has 1 heterocycles. The molecule has 132 valence electrons. The fourth-order valence-electron chi connectivity index (χ4n) is 2.09. The third-order valence-corrected chi connectivity index (χ3v) is 3.71. The van der Waals surface area contributed by atoms with Gasteiger partial charge in [0.1, 0.15) is 5.69 Å². The Balaban J connectivity index is 2.84. The molecular formula is C17H30FN3O2. The number of alkyl halides is 1. The number of halogens is 1. The van der Waals surface area contributed by atoms with E-state index in [1.54, 1.807) is 4.68 Å². The van der Waals surface area contributed by atoms with Crippen molar-refractivity contribution in [3.05, 3.63) is 17.5 Å². The maximum atomic E-state index is 12.4. The van der Waals surface area contributed by atoms with Crippen LogP contribution < -0.4 is 5.32 Å². The van der Waals surface area contributed by atoms with Crippen molar-refractivity contribution < 1.29 is 14.3 Å². The molecule has 2 N–H and O–H groups in total. The second kappa shape index (κ2) is 9.01. The van der Waals surface area contributed by atoms with E-state index in [-0.39, 0.29) is 30.5 Å². The lowest BCUT2D eigenvalue weighted by atomic mass is 9.92. The molecule has 1 aromatic heterocycles. The van der Waals surface area contributed by atoms with Crippen molar-refractivity contribution in [2.75, 3.05) is 19.8 Å². The van der Waals surface area contributed by atoms with Gasteiger partial charge in [0.2, 0.25) is 0 Å². The normalized spacial score (nSPS) is 13.1. The number of rotatable bonds is 9. The van der Waals surface area contributed by atoms with E-state index in [4.69, 9.17) is 5.11 Å². The van der Waals surface area contributed by atoms with Crippen molar-refractivity contribution in [3.63, 3.8) is 0 Å². The summed E-state index contributed by atoms with van der Waals surface area (Å²) in [5, 5.41) is 16.4. The van der Waals surface area contributed by atoms with Crippen LogP contribution in [0.2, 0.25) is 0 Å². The zero-order valence-electron chi connectivity index (χ0n) is 14.7. The number of carbonyl (C=O) groups excluding carboxylic acids is 1. The molecule has 0 radical (unpaired) electrons. The van der Waals surface area contributed by atoms with Gasteiger partial charge in [-0.2, -0.15) is 5.10 Å².